The second kappa shape index (κ2) is 33.9. The zero-order chi connectivity index (χ0) is 63.8. The molecule has 4 unspecified atom stereocenters. The average molecular weight is 1210 g/mol. The highest BCUT2D eigenvalue weighted by Crippen LogP contribution is 2.41. The maximum absolute atomic E-state index is 15.2. The fraction of sp³-hybridized carbons (Fsp3) is 0.509. The largest absolute Gasteiger partial charge is 0.490 e. The summed E-state index contributed by atoms with van der Waals surface area (Å²) in [5, 5.41) is 40.3. The first-order valence-corrected chi connectivity index (χ1v) is 27.5. The van der Waals surface area contributed by atoms with E-state index in [0.29, 0.717) is 37.1 Å². The standard InChI is InChI=1S/C55H76F2N10O11.C2HF3O2/c1-34(2)48(64-44(69)19-10-7-13-27-66-45(70)22-23-46(66)71)52(75)62-41(18-14-26-61-54(59)78)51(74)63-42(53(76)77)17-11-12-25-60-50(73)40(58)24-28-67(47(72)33-68)49(55(3,4)5)43-29-36(38-30-37(56)20-21-39(38)57)32-65(43)31-35-15-8-6-9-16-35;3-2(4,5)1(6)7/h6,8-9,15-16,20-23,29-30,32,34,40-42,48-49,68H,7,10-14,17-19,24-28,31,33,58H2,1-5H3,(H,60,73)(H,62,75)(H,63,74)(H,64,69)(H,76,77)(H3,59,61,78);(H,6,7)/t40?,41?,42?,48-,49?;/m0./s1. The summed E-state index contributed by atoms with van der Waals surface area (Å²) in [5.41, 5.74) is 12.7. The molecule has 0 aliphatic carbocycles. The molecule has 2 aromatic carbocycles. The highest BCUT2D eigenvalue weighted by molar-refractivity contribution is 6.12. The highest BCUT2D eigenvalue weighted by atomic mass is 19.4. The van der Waals surface area contributed by atoms with Gasteiger partial charge in [0.15, 0.2) is 0 Å². The molecule has 23 nitrogen and oxygen atoms in total. The fourth-order valence-electron chi connectivity index (χ4n) is 9.07. The number of nitrogens with two attached hydrogens (primary N) is 2. The smallest absolute Gasteiger partial charge is 0.480 e. The lowest BCUT2D eigenvalue weighted by atomic mass is 9.82. The third-order valence-electron chi connectivity index (χ3n) is 13.4. The number of imide groups is 1. The first kappa shape index (κ1) is 71.0. The molecule has 1 aliphatic rings. The SMILES string of the molecule is CC(C)[C@H](NC(=O)CCCCCN1C(=O)C=CC1=O)C(=O)NC(CCCNC(N)=O)C(=O)NC(CCCCNC(=O)C(N)CCN(C(=O)CO)C(c1cc(-c2cc(F)ccc2F)cn1Cc1ccccc1)C(C)(C)C)C(=O)O.O=C(O)C(F)(F)F. The lowest BCUT2D eigenvalue weighted by Gasteiger charge is -2.41. The van der Waals surface area contributed by atoms with Gasteiger partial charge in [-0.2, -0.15) is 13.2 Å². The molecular weight excluding hydrogens is 1130 g/mol. The summed E-state index contributed by atoms with van der Waals surface area (Å²) in [6.07, 6.45) is 0.894. The van der Waals surface area contributed by atoms with Crippen molar-refractivity contribution in [3.63, 3.8) is 0 Å². The van der Waals surface area contributed by atoms with E-state index >= 15 is 4.39 Å². The minimum absolute atomic E-state index is 0.0188. The number of carbonyl (C=O) groups is 10. The van der Waals surface area contributed by atoms with Crippen molar-refractivity contribution in [2.24, 2.45) is 22.8 Å². The summed E-state index contributed by atoms with van der Waals surface area (Å²) in [4.78, 5) is 126. The lowest BCUT2D eigenvalue weighted by molar-refractivity contribution is -0.192. The minimum Gasteiger partial charge on any atom is -0.480 e. The maximum Gasteiger partial charge on any atom is 0.490 e. The average Bonchev–Trinajstić information content (AvgIpc) is 2.04. The van der Waals surface area contributed by atoms with Crippen LogP contribution in [0.1, 0.15) is 116 Å². The number of aliphatic carboxylic acids is 2. The van der Waals surface area contributed by atoms with Crippen molar-refractivity contribution >= 4 is 59.3 Å². The molecule has 1 aromatic heterocycles. The number of amides is 9. The third-order valence-corrected chi connectivity index (χ3v) is 13.4. The Morgan fingerprint density at radius 2 is 1.34 bits per heavy atom. The molecule has 85 heavy (non-hydrogen) atoms. The minimum atomic E-state index is -5.08. The zero-order valence-corrected chi connectivity index (χ0v) is 48.0. The number of rotatable bonds is 32. The summed E-state index contributed by atoms with van der Waals surface area (Å²) >= 11 is 0. The number of carbonyl (C=O) groups excluding carboxylic acids is 8. The van der Waals surface area contributed by atoms with Crippen LogP contribution < -0.4 is 38.1 Å². The Morgan fingerprint density at radius 1 is 0.729 bits per heavy atom. The van der Waals surface area contributed by atoms with E-state index < -0.39 is 125 Å². The molecule has 0 saturated carbocycles. The number of alkyl halides is 3. The van der Waals surface area contributed by atoms with Gasteiger partial charge in [-0.15, -0.1) is 0 Å². The van der Waals surface area contributed by atoms with Gasteiger partial charge in [-0.1, -0.05) is 71.4 Å². The Morgan fingerprint density at radius 3 is 1.92 bits per heavy atom. The quantitative estimate of drug-likeness (QED) is 0.0239. The summed E-state index contributed by atoms with van der Waals surface area (Å²) in [5.74, 6) is -9.82. The number of hydrogen-bond donors (Lipinski definition) is 10. The maximum atomic E-state index is 15.2. The van der Waals surface area contributed by atoms with Crippen LogP contribution in [0.15, 0.2) is 72.9 Å². The van der Waals surface area contributed by atoms with Crippen molar-refractivity contribution in [1.82, 2.24) is 41.0 Å². The summed E-state index contributed by atoms with van der Waals surface area (Å²) in [6.45, 7) is 8.72. The van der Waals surface area contributed by atoms with Crippen LogP contribution in [0, 0.1) is 23.0 Å². The van der Waals surface area contributed by atoms with Crippen LogP contribution in [-0.4, -0.2) is 152 Å². The van der Waals surface area contributed by atoms with Gasteiger partial charge < -0.3 is 62.8 Å². The summed E-state index contributed by atoms with van der Waals surface area (Å²) in [6, 6.07) is 7.74. The molecule has 468 valence electrons. The number of carboxylic acids is 2. The number of hydrogen-bond acceptors (Lipinski definition) is 12. The van der Waals surface area contributed by atoms with Gasteiger partial charge >= 0.3 is 24.1 Å². The van der Waals surface area contributed by atoms with Crippen LogP contribution in [0.2, 0.25) is 0 Å². The number of aromatic nitrogens is 1. The number of primary amides is 1. The van der Waals surface area contributed by atoms with Crippen molar-refractivity contribution in [2.45, 2.75) is 142 Å². The summed E-state index contributed by atoms with van der Waals surface area (Å²) < 4.78 is 63.2. The van der Waals surface area contributed by atoms with Gasteiger partial charge in [0.2, 0.25) is 29.5 Å². The van der Waals surface area contributed by atoms with Crippen LogP contribution in [-0.2, 0) is 49.7 Å². The highest BCUT2D eigenvalue weighted by Gasteiger charge is 2.39. The van der Waals surface area contributed by atoms with Gasteiger partial charge in [-0.25, -0.2) is 23.2 Å². The molecule has 12 N–H and O–H groups in total. The molecule has 0 bridgehead atoms. The van der Waals surface area contributed by atoms with E-state index in [1.807, 2.05) is 55.7 Å². The summed E-state index contributed by atoms with van der Waals surface area (Å²) in [7, 11) is 0. The molecule has 0 saturated heterocycles. The van der Waals surface area contributed by atoms with E-state index in [2.05, 4.69) is 26.6 Å². The second-order valence-electron chi connectivity index (χ2n) is 21.5. The van der Waals surface area contributed by atoms with Gasteiger partial charge in [0.1, 0.15) is 36.4 Å². The monoisotopic (exact) mass is 1200 g/mol. The zero-order valence-electron chi connectivity index (χ0n) is 48.0. The number of aliphatic hydroxyl groups is 1. The fourth-order valence-corrected chi connectivity index (χ4v) is 9.07. The van der Waals surface area contributed by atoms with Gasteiger partial charge in [0.25, 0.3) is 11.8 Å². The number of aliphatic hydroxyl groups excluding tert-OH is 1. The van der Waals surface area contributed by atoms with Crippen LogP contribution >= 0.6 is 0 Å². The molecule has 4 rings (SSSR count). The second-order valence-corrected chi connectivity index (χ2v) is 21.5. The van der Waals surface area contributed by atoms with E-state index in [1.54, 1.807) is 26.1 Å². The Bertz CT molecular complexity index is 2810. The number of carboxylic acid groups (broad SMARTS) is 2. The number of unbranched alkanes of at least 4 members (excludes halogenated alkanes) is 3. The molecule has 1 aliphatic heterocycles. The van der Waals surface area contributed by atoms with E-state index in [-0.39, 0.29) is 76.7 Å². The lowest BCUT2D eigenvalue weighted by Crippen LogP contribution is -2.57. The molecule has 0 spiro atoms. The van der Waals surface area contributed by atoms with Crippen LogP contribution in [0.5, 0.6) is 0 Å². The van der Waals surface area contributed by atoms with Crippen LogP contribution in [0.25, 0.3) is 11.1 Å². The number of nitrogens with zero attached hydrogens (tertiary/aromatic N) is 3. The van der Waals surface area contributed by atoms with Crippen LogP contribution in [0.4, 0.5) is 26.7 Å². The number of benzene rings is 2. The van der Waals surface area contributed by atoms with Crippen LogP contribution in [0.3, 0.4) is 0 Å². The van der Waals surface area contributed by atoms with E-state index in [4.69, 9.17) is 21.4 Å². The molecule has 0 fully saturated rings. The molecule has 28 heteroatoms. The van der Waals surface area contributed by atoms with Gasteiger partial charge in [-0.05, 0) is 92.5 Å². The third kappa shape index (κ3) is 23.7. The van der Waals surface area contributed by atoms with Crippen molar-refractivity contribution < 1.29 is 85.2 Å². The van der Waals surface area contributed by atoms with Crippen molar-refractivity contribution in [2.75, 3.05) is 32.8 Å². The van der Waals surface area contributed by atoms with Gasteiger partial charge in [-0.3, -0.25) is 38.5 Å². The first-order valence-electron chi connectivity index (χ1n) is 27.5. The first-order chi connectivity index (χ1) is 39.8. The predicted octanol–water partition coefficient (Wildman–Crippen LogP) is 4.16. The molecule has 2 heterocycles. The number of urea groups is 1. The molecule has 9 amide bonds. The Kier molecular flexibility index (Phi) is 28.3. The van der Waals surface area contributed by atoms with Gasteiger partial charge in [0, 0.05) is 74.3 Å². The van der Waals surface area contributed by atoms with Crippen molar-refractivity contribution in [1.29, 1.82) is 0 Å². The molecule has 5 atom stereocenters. The van der Waals surface area contributed by atoms with E-state index in [0.717, 1.165) is 28.7 Å². The van der Waals surface area contributed by atoms with Crippen molar-refractivity contribution in [3.8, 4) is 11.1 Å². The van der Waals surface area contributed by atoms with Crippen molar-refractivity contribution in [3.05, 3.63) is 95.8 Å². The topological polar surface area (TPSA) is 355 Å². The van der Waals surface area contributed by atoms with E-state index in [1.165, 1.54) is 17.1 Å². The predicted molar refractivity (Wildman–Crippen MR) is 299 cm³/mol. The molecule has 0 radical (unpaired) electrons. The Hall–Kier alpha value is -8.27. The number of halogens is 5. The van der Waals surface area contributed by atoms with Gasteiger partial charge in [0.05, 0.1) is 12.1 Å². The molecular formula is C57H77F5N10O13. The molecule has 3 aromatic rings. The number of nitrogens with one attached hydrogen (secondary N) is 5. The Labute approximate surface area is 488 Å². The van der Waals surface area contributed by atoms with E-state index in [9.17, 15) is 70.9 Å². The normalized spacial score (nSPS) is 14.1. The Balaban J connectivity index is 0.00000253.